The molecule has 4 heteroatoms. The number of ether oxygens (including phenoxy) is 4. The summed E-state index contributed by atoms with van der Waals surface area (Å²) in [7, 11) is 4.94. The van der Waals surface area contributed by atoms with Gasteiger partial charge in [0, 0.05) is 11.5 Å². The third-order valence-electron chi connectivity index (χ3n) is 4.67. The Balaban J connectivity index is 2.00. The molecule has 0 bridgehead atoms. The van der Waals surface area contributed by atoms with Crippen LogP contribution in [0.3, 0.4) is 0 Å². The van der Waals surface area contributed by atoms with Gasteiger partial charge in [0.05, 0.1) is 21.3 Å². The molecular formula is C21H24O4. The van der Waals surface area contributed by atoms with E-state index in [1.54, 1.807) is 21.3 Å². The Kier molecular flexibility index (Phi) is 4.88. The standard InChI is InChI=1S/C21H24O4/c1-6-7-14-10-16-13(2)20(25-21(16)19(11-14)24-5)15-8-9-17(22-3)18(12-15)23-4/h6,8-13,20H,1,7H2,2-5H3. The van der Waals surface area contributed by atoms with Crippen LogP contribution in [0.25, 0.3) is 0 Å². The summed E-state index contributed by atoms with van der Waals surface area (Å²) in [6, 6.07) is 10.1. The summed E-state index contributed by atoms with van der Waals surface area (Å²) >= 11 is 0. The molecule has 2 aromatic carbocycles. The van der Waals surface area contributed by atoms with Gasteiger partial charge in [0.2, 0.25) is 0 Å². The fraction of sp³-hybridized carbons (Fsp3) is 0.333. The zero-order chi connectivity index (χ0) is 18.0. The molecule has 0 aliphatic carbocycles. The van der Waals surface area contributed by atoms with Crippen molar-refractivity contribution >= 4 is 0 Å². The van der Waals surface area contributed by atoms with E-state index >= 15 is 0 Å². The maximum atomic E-state index is 6.29. The van der Waals surface area contributed by atoms with Crippen molar-refractivity contribution in [1.82, 2.24) is 0 Å². The second-order valence-electron chi connectivity index (χ2n) is 6.15. The van der Waals surface area contributed by atoms with Crippen molar-refractivity contribution in [3.63, 3.8) is 0 Å². The average Bonchev–Trinajstić information content (AvgIpc) is 2.97. The second kappa shape index (κ2) is 7.09. The van der Waals surface area contributed by atoms with Gasteiger partial charge < -0.3 is 18.9 Å². The third kappa shape index (κ3) is 3.04. The fourth-order valence-corrected chi connectivity index (χ4v) is 3.36. The van der Waals surface area contributed by atoms with Crippen molar-refractivity contribution in [2.75, 3.05) is 21.3 Å². The van der Waals surface area contributed by atoms with Gasteiger partial charge in [-0.05, 0) is 35.7 Å². The molecule has 0 saturated heterocycles. The molecule has 2 atom stereocenters. The van der Waals surface area contributed by atoms with E-state index in [0.717, 1.165) is 29.0 Å². The lowest BCUT2D eigenvalue weighted by Crippen LogP contribution is -2.07. The molecule has 0 saturated carbocycles. The minimum absolute atomic E-state index is 0.0947. The Hall–Kier alpha value is -2.62. The zero-order valence-corrected chi connectivity index (χ0v) is 15.2. The number of hydrogen-bond donors (Lipinski definition) is 0. The van der Waals surface area contributed by atoms with Crippen molar-refractivity contribution in [1.29, 1.82) is 0 Å². The van der Waals surface area contributed by atoms with E-state index in [-0.39, 0.29) is 12.0 Å². The van der Waals surface area contributed by atoms with Crippen LogP contribution in [0.15, 0.2) is 43.0 Å². The Bertz CT molecular complexity index is 782. The number of rotatable bonds is 6. The molecular weight excluding hydrogens is 316 g/mol. The Labute approximate surface area is 149 Å². The van der Waals surface area contributed by atoms with Crippen molar-refractivity contribution in [3.05, 3.63) is 59.7 Å². The molecule has 2 aromatic rings. The summed E-state index contributed by atoms with van der Waals surface area (Å²) in [5.41, 5.74) is 3.39. The first-order valence-electron chi connectivity index (χ1n) is 8.33. The monoisotopic (exact) mass is 340 g/mol. The summed E-state index contributed by atoms with van der Waals surface area (Å²) in [6.07, 6.45) is 2.60. The minimum Gasteiger partial charge on any atom is -0.493 e. The number of allylic oxidation sites excluding steroid dienone is 1. The van der Waals surface area contributed by atoms with Gasteiger partial charge in [-0.15, -0.1) is 6.58 Å². The molecule has 0 spiro atoms. The van der Waals surface area contributed by atoms with Crippen molar-refractivity contribution in [2.45, 2.75) is 25.4 Å². The van der Waals surface area contributed by atoms with Crippen LogP contribution in [0.1, 0.15) is 35.6 Å². The van der Waals surface area contributed by atoms with Gasteiger partial charge in [0.25, 0.3) is 0 Å². The predicted octanol–water partition coefficient (Wildman–Crippen LogP) is 4.68. The zero-order valence-electron chi connectivity index (χ0n) is 15.2. The summed E-state index contributed by atoms with van der Waals surface area (Å²) < 4.78 is 22.6. The molecule has 0 fully saturated rings. The maximum Gasteiger partial charge on any atom is 0.165 e. The van der Waals surface area contributed by atoms with E-state index in [4.69, 9.17) is 18.9 Å². The lowest BCUT2D eigenvalue weighted by atomic mass is 9.91. The van der Waals surface area contributed by atoms with Crippen molar-refractivity contribution in [2.24, 2.45) is 0 Å². The highest BCUT2D eigenvalue weighted by atomic mass is 16.5. The fourth-order valence-electron chi connectivity index (χ4n) is 3.36. The SMILES string of the molecule is C=CCc1cc(OC)c2c(c1)C(C)C(c1ccc(OC)c(OC)c1)O2. The number of methoxy groups -OCH3 is 3. The second-order valence-corrected chi connectivity index (χ2v) is 6.15. The van der Waals surface area contributed by atoms with E-state index in [1.807, 2.05) is 30.3 Å². The van der Waals surface area contributed by atoms with E-state index in [2.05, 4.69) is 19.6 Å². The first-order chi connectivity index (χ1) is 12.1. The van der Waals surface area contributed by atoms with Crippen LogP contribution in [0.5, 0.6) is 23.0 Å². The Morgan fingerprint density at radius 3 is 2.36 bits per heavy atom. The van der Waals surface area contributed by atoms with Crippen LogP contribution in [0.2, 0.25) is 0 Å². The summed E-state index contributed by atoms with van der Waals surface area (Å²) in [5.74, 6) is 3.20. The smallest absolute Gasteiger partial charge is 0.165 e. The summed E-state index contributed by atoms with van der Waals surface area (Å²) in [6.45, 7) is 6.00. The van der Waals surface area contributed by atoms with Gasteiger partial charge in [0.1, 0.15) is 6.10 Å². The molecule has 3 rings (SSSR count). The summed E-state index contributed by atoms with van der Waals surface area (Å²) in [4.78, 5) is 0. The van der Waals surface area contributed by atoms with Crippen molar-refractivity contribution < 1.29 is 18.9 Å². The molecule has 25 heavy (non-hydrogen) atoms. The van der Waals surface area contributed by atoms with Gasteiger partial charge in [0.15, 0.2) is 23.0 Å². The predicted molar refractivity (Wildman–Crippen MR) is 98.2 cm³/mol. The van der Waals surface area contributed by atoms with E-state index in [1.165, 1.54) is 5.56 Å². The van der Waals surface area contributed by atoms with Gasteiger partial charge in [-0.1, -0.05) is 25.1 Å². The van der Waals surface area contributed by atoms with Crippen LogP contribution >= 0.6 is 0 Å². The molecule has 4 nitrogen and oxygen atoms in total. The molecule has 132 valence electrons. The van der Waals surface area contributed by atoms with E-state index in [9.17, 15) is 0 Å². The highest BCUT2D eigenvalue weighted by molar-refractivity contribution is 5.55. The quantitative estimate of drug-likeness (QED) is 0.716. The lowest BCUT2D eigenvalue weighted by Gasteiger charge is -2.18. The first-order valence-corrected chi connectivity index (χ1v) is 8.33. The lowest BCUT2D eigenvalue weighted by molar-refractivity contribution is 0.207. The van der Waals surface area contributed by atoms with Crippen LogP contribution in [-0.2, 0) is 6.42 Å². The Morgan fingerprint density at radius 1 is 1.00 bits per heavy atom. The molecule has 0 N–H and O–H groups in total. The number of benzene rings is 2. The highest BCUT2D eigenvalue weighted by Gasteiger charge is 2.35. The minimum atomic E-state index is -0.0947. The van der Waals surface area contributed by atoms with Crippen LogP contribution in [0.4, 0.5) is 0 Å². The average molecular weight is 340 g/mol. The van der Waals surface area contributed by atoms with Gasteiger partial charge in [-0.25, -0.2) is 0 Å². The molecule has 0 radical (unpaired) electrons. The van der Waals surface area contributed by atoms with Crippen LogP contribution in [-0.4, -0.2) is 21.3 Å². The molecule has 1 aliphatic rings. The molecule has 1 aliphatic heterocycles. The third-order valence-corrected chi connectivity index (χ3v) is 4.67. The number of fused-ring (bicyclic) bond motifs is 1. The Morgan fingerprint density at radius 2 is 1.72 bits per heavy atom. The van der Waals surface area contributed by atoms with E-state index in [0.29, 0.717) is 11.5 Å². The molecule has 1 heterocycles. The summed E-state index contributed by atoms with van der Waals surface area (Å²) in [5, 5.41) is 0. The van der Waals surface area contributed by atoms with Gasteiger partial charge in [-0.2, -0.15) is 0 Å². The van der Waals surface area contributed by atoms with E-state index < -0.39 is 0 Å². The highest BCUT2D eigenvalue weighted by Crippen LogP contribution is 2.51. The first kappa shape index (κ1) is 17.2. The van der Waals surface area contributed by atoms with Crippen molar-refractivity contribution in [3.8, 4) is 23.0 Å². The van der Waals surface area contributed by atoms with Crippen LogP contribution in [0, 0.1) is 0 Å². The van der Waals surface area contributed by atoms with Gasteiger partial charge >= 0.3 is 0 Å². The number of hydrogen-bond acceptors (Lipinski definition) is 4. The normalized spacial score (nSPS) is 18.2. The maximum absolute atomic E-state index is 6.29. The molecule has 0 aromatic heterocycles. The topological polar surface area (TPSA) is 36.9 Å². The van der Waals surface area contributed by atoms with Crippen LogP contribution < -0.4 is 18.9 Å². The molecule has 0 amide bonds. The largest absolute Gasteiger partial charge is 0.493 e. The van der Waals surface area contributed by atoms with Gasteiger partial charge in [-0.3, -0.25) is 0 Å². The molecule has 2 unspecified atom stereocenters.